The molecule has 0 spiro atoms. The molecule has 0 saturated heterocycles. The SMILES string of the molecule is C=CCCCC=CC. The first kappa shape index (κ1) is 7.48. The molecule has 0 unspecified atom stereocenters. The van der Waals surface area contributed by atoms with E-state index in [9.17, 15) is 0 Å². The van der Waals surface area contributed by atoms with E-state index >= 15 is 0 Å². The van der Waals surface area contributed by atoms with Crippen molar-refractivity contribution in [3.05, 3.63) is 24.8 Å². The Labute approximate surface area is 51.9 Å². The Balaban J connectivity index is 2.82. The van der Waals surface area contributed by atoms with Crippen LogP contribution in [0.5, 0.6) is 0 Å². The van der Waals surface area contributed by atoms with Crippen LogP contribution >= 0.6 is 0 Å². The second-order valence-electron chi connectivity index (χ2n) is 1.79. The van der Waals surface area contributed by atoms with Gasteiger partial charge in [-0.2, -0.15) is 0 Å². The topological polar surface area (TPSA) is 0 Å². The summed E-state index contributed by atoms with van der Waals surface area (Å²) in [6.45, 7) is 5.68. The van der Waals surface area contributed by atoms with Crippen molar-refractivity contribution in [2.45, 2.75) is 26.2 Å². The summed E-state index contributed by atoms with van der Waals surface area (Å²) in [6, 6.07) is 0. The van der Waals surface area contributed by atoms with Crippen LogP contribution in [-0.2, 0) is 0 Å². The van der Waals surface area contributed by atoms with Crippen molar-refractivity contribution in [1.29, 1.82) is 0 Å². The van der Waals surface area contributed by atoms with Gasteiger partial charge in [0, 0.05) is 0 Å². The molecule has 0 rings (SSSR count). The first-order chi connectivity index (χ1) is 3.91. The van der Waals surface area contributed by atoms with Crippen molar-refractivity contribution >= 4 is 0 Å². The third kappa shape index (κ3) is 5.48. The van der Waals surface area contributed by atoms with Crippen LogP contribution in [0.15, 0.2) is 24.8 Å². The highest BCUT2D eigenvalue weighted by Gasteiger charge is 1.75. The number of hydrogen-bond donors (Lipinski definition) is 0. The quantitative estimate of drug-likeness (QED) is 0.385. The van der Waals surface area contributed by atoms with Crippen molar-refractivity contribution in [2.24, 2.45) is 0 Å². The summed E-state index contributed by atoms with van der Waals surface area (Å²) in [7, 11) is 0. The van der Waals surface area contributed by atoms with Gasteiger partial charge >= 0.3 is 0 Å². The van der Waals surface area contributed by atoms with Crippen LogP contribution in [0.1, 0.15) is 26.2 Å². The Kier molecular flexibility index (Phi) is 6.06. The second-order valence-corrected chi connectivity index (χ2v) is 1.79. The van der Waals surface area contributed by atoms with Crippen LogP contribution in [0.2, 0.25) is 0 Å². The lowest BCUT2D eigenvalue weighted by Crippen LogP contribution is -1.65. The van der Waals surface area contributed by atoms with Crippen LogP contribution < -0.4 is 0 Å². The average Bonchev–Trinajstić information content (AvgIpc) is 1.81. The molecule has 0 radical (unpaired) electrons. The molecule has 0 heterocycles. The van der Waals surface area contributed by atoms with Gasteiger partial charge in [-0.3, -0.25) is 0 Å². The minimum atomic E-state index is 1.14. The lowest BCUT2D eigenvalue weighted by Gasteiger charge is -1.85. The maximum Gasteiger partial charge on any atom is -0.0348 e. The molecule has 0 heteroatoms. The molecule has 0 aromatic carbocycles. The van der Waals surface area contributed by atoms with E-state index < -0.39 is 0 Å². The fraction of sp³-hybridized carbons (Fsp3) is 0.500. The largest absolute Gasteiger partial charge is 0.103 e. The lowest BCUT2D eigenvalue weighted by molar-refractivity contribution is 0.869. The zero-order valence-corrected chi connectivity index (χ0v) is 5.56. The summed E-state index contributed by atoms with van der Waals surface area (Å²) in [5.41, 5.74) is 0. The van der Waals surface area contributed by atoms with Gasteiger partial charge in [-0.05, 0) is 26.2 Å². The maximum absolute atomic E-state index is 3.63. The van der Waals surface area contributed by atoms with E-state index in [0.29, 0.717) is 0 Å². The summed E-state index contributed by atoms with van der Waals surface area (Å²) in [6.07, 6.45) is 9.82. The van der Waals surface area contributed by atoms with Gasteiger partial charge in [0.2, 0.25) is 0 Å². The third-order valence-electron chi connectivity index (χ3n) is 1.01. The van der Waals surface area contributed by atoms with Crippen LogP contribution in [-0.4, -0.2) is 0 Å². The van der Waals surface area contributed by atoms with E-state index in [0.717, 1.165) is 6.42 Å². The molecule has 0 atom stereocenters. The number of unbranched alkanes of at least 4 members (excludes halogenated alkanes) is 2. The van der Waals surface area contributed by atoms with Crippen molar-refractivity contribution in [3.63, 3.8) is 0 Å². The highest BCUT2D eigenvalue weighted by Crippen LogP contribution is 1.95. The van der Waals surface area contributed by atoms with Crippen LogP contribution in [0.3, 0.4) is 0 Å². The fourth-order valence-corrected chi connectivity index (χ4v) is 0.547. The Morgan fingerprint density at radius 2 is 2.12 bits per heavy atom. The molecule has 0 saturated carbocycles. The summed E-state index contributed by atoms with van der Waals surface area (Å²) in [5, 5.41) is 0. The van der Waals surface area contributed by atoms with Gasteiger partial charge in [-0.15, -0.1) is 6.58 Å². The highest BCUT2D eigenvalue weighted by molar-refractivity contribution is 4.78. The molecule has 0 nitrogen and oxygen atoms in total. The molecule has 0 aliphatic rings. The number of rotatable bonds is 4. The fourth-order valence-electron chi connectivity index (χ4n) is 0.547. The Morgan fingerprint density at radius 3 is 2.62 bits per heavy atom. The molecule has 46 valence electrons. The van der Waals surface area contributed by atoms with E-state index in [2.05, 4.69) is 18.7 Å². The summed E-state index contributed by atoms with van der Waals surface area (Å²) < 4.78 is 0. The first-order valence-corrected chi connectivity index (χ1v) is 3.14. The molecular formula is C8H14. The Morgan fingerprint density at radius 1 is 1.38 bits per heavy atom. The molecule has 0 bridgehead atoms. The zero-order valence-electron chi connectivity index (χ0n) is 5.56. The van der Waals surface area contributed by atoms with Gasteiger partial charge < -0.3 is 0 Å². The molecule has 0 aliphatic carbocycles. The van der Waals surface area contributed by atoms with Gasteiger partial charge in [0.1, 0.15) is 0 Å². The summed E-state index contributed by atoms with van der Waals surface area (Å²) in [4.78, 5) is 0. The van der Waals surface area contributed by atoms with E-state index in [1.54, 1.807) is 0 Å². The predicted octanol–water partition coefficient (Wildman–Crippen LogP) is 2.92. The van der Waals surface area contributed by atoms with Gasteiger partial charge in [0.15, 0.2) is 0 Å². The van der Waals surface area contributed by atoms with Crippen molar-refractivity contribution < 1.29 is 0 Å². The molecule has 0 aliphatic heterocycles. The van der Waals surface area contributed by atoms with Crippen molar-refractivity contribution in [3.8, 4) is 0 Å². The molecule has 0 amide bonds. The summed E-state index contributed by atoms with van der Waals surface area (Å²) in [5.74, 6) is 0. The molecule has 0 N–H and O–H groups in total. The number of hydrogen-bond acceptors (Lipinski definition) is 0. The standard InChI is InChI=1S/C8H14/c1-3-5-7-8-6-4-2/h3-4,6H,1,5,7-8H2,2H3. The highest BCUT2D eigenvalue weighted by atomic mass is 13.8. The maximum atomic E-state index is 3.63. The molecule has 0 aromatic heterocycles. The van der Waals surface area contributed by atoms with Gasteiger partial charge in [0.25, 0.3) is 0 Å². The smallest absolute Gasteiger partial charge is 0.0348 e. The number of allylic oxidation sites excluding steroid dienone is 3. The van der Waals surface area contributed by atoms with E-state index in [4.69, 9.17) is 0 Å². The Bertz CT molecular complexity index is 70.1. The molecule has 0 aromatic rings. The van der Waals surface area contributed by atoms with Crippen molar-refractivity contribution in [2.75, 3.05) is 0 Å². The van der Waals surface area contributed by atoms with Gasteiger partial charge in [0.05, 0.1) is 0 Å². The van der Waals surface area contributed by atoms with E-state index in [1.807, 2.05) is 13.0 Å². The predicted molar refractivity (Wildman–Crippen MR) is 38.9 cm³/mol. The van der Waals surface area contributed by atoms with Gasteiger partial charge in [-0.25, -0.2) is 0 Å². The average molecular weight is 110 g/mol. The normalized spacial score (nSPS) is 10.1. The third-order valence-corrected chi connectivity index (χ3v) is 1.01. The summed E-state index contributed by atoms with van der Waals surface area (Å²) >= 11 is 0. The zero-order chi connectivity index (χ0) is 6.24. The van der Waals surface area contributed by atoms with Crippen LogP contribution in [0.25, 0.3) is 0 Å². The minimum Gasteiger partial charge on any atom is -0.103 e. The second kappa shape index (κ2) is 6.48. The Hall–Kier alpha value is -0.520. The molecule has 8 heavy (non-hydrogen) atoms. The van der Waals surface area contributed by atoms with Crippen LogP contribution in [0, 0.1) is 0 Å². The molecular weight excluding hydrogens is 96.1 g/mol. The van der Waals surface area contributed by atoms with E-state index in [1.165, 1.54) is 12.8 Å². The molecule has 0 fully saturated rings. The van der Waals surface area contributed by atoms with Gasteiger partial charge in [-0.1, -0.05) is 18.2 Å². The monoisotopic (exact) mass is 110 g/mol. The minimum absolute atomic E-state index is 1.14. The first-order valence-electron chi connectivity index (χ1n) is 3.14. The van der Waals surface area contributed by atoms with Crippen molar-refractivity contribution in [1.82, 2.24) is 0 Å². The lowest BCUT2D eigenvalue weighted by atomic mass is 10.2. The van der Waals surface area contributed by atoms with Crippen LogP contribution in [0.4, 0.5) is 0 Å². The van der Waals surface area contributed by atoms with E-state index in [-0.39, 0.29) is 0 Å².